The first kappa shape index (κ1) is 13.2. The van der Waals surface area contributed by atoms with Gasteiger partial charge in [0.2, 0.25) is 0 Å². The molecule has 4 heteroatoms. The van der Waals surface area contributed by atoms with E-state index in [4.69, 9.17) is 17.3 Å². The fourth-order valence-electron chi connectivity index (χ4n) is 2.67. The quantitative estimate of drug-likeness (QED) is 0.909. The highest BCUT2D eigenvalue weighted by molar-refractivity contribution is 6.30. The van der Waals surface area contributed by atoms with Crippen molar-refractivity contribution in [2.75, 3.05) is 13.1 Å². The number of guanidine groups is 1. The molecule has 0 radical (unpaired) electrons. The zero-order valence-electron chi connectivity index (χ0n) is 11.0. The number of rotatable bonds is 4. The molecule has 1 atom stereocenters. The molecular formula is C14H20ClN3. The molecule has 1 heterocycles. The smallest absolute Gasteiger partial charge is 0.192 e. The molecule has 0 saturated heterocycles. The van der Waals surface area contributed by atoms with Crippen molar-refractivity contribution in [1.82, 2.24) is 4.90 Å². The number of nitrogens with zero attached hydrogens (tertiary/aromatic N) is 2. The summed E-state index contributed by atoms with van der Waals surface area (Å²) in [6.07, 6.45) is 2.05. The van der Waals surface area contributed by atoms with E-state index in [-0.39, 0.29) is 5.54 Å². The molecule has 0 aromatic heterocycles. The summed E-state index contributed by atoms with van der Waals surface area (Å²) in [5.74, 6) is 0.661. The zero-order chi connectivity index (χ0) is 13.2. The fourth-order valence-corrected chi connectivity index (χ4v) is 2.79. The average Bonchev–Trinajstić information content (AvgIpc) is 2.70. The molecule has 0 spiro atoms. The van der Waals surface area contributed by atoms with Gasteiger partial charge < -0.3 is 10.6 Å². The van der Waals surface area contributed by atoms with Gasteiger partial charge in [-0.15, -0.1) is 0 Å². The van der Waals surface area contributed by atoms with Crippen LogP contribution < -0.4 is 5.73 Å². The first-order valence-electron chi connectivity index (χ1n) is 6.47. The molecule has 0 saturated carbocycles. The van der Waals surface area contributed by atoms with Crippen molar-refractivity contribution in [1.29, 1.82) is 0 Å². The van der Waals surface area contributed by atoms with Crippen LogP contribution in [0.2, 0.25) is 5.02 Å². The van der Waals surface area contributed by atoms with E-state index in [9.17, 15) is 0 Å². The van der Waals surface area contributed by atoms with E-state index in [1.54, 1.807) is 0 Å². The van der Waals surface area contributed by atoms with Crippen LogP contribution in [-0.2, 0) is 5.54 Å². The fraction of sp³-hybridized carbons (Fsp3) is 0.500. The molecule has 2 N–H and O–H groups in total. The highest BCUT2D eigenvalue weighted by atomic mass is 35.5. The third-order valence-corrected chi connectivity index (χ3v) is 3.96. The SMILES string of the molecule is CCCN1C(N)=NCC1(CC)c1ccc(Cl)cc1. The first-order valence-corrected chi connectivity index (χ1v) is 6.85. The normalized spacial score (nSPS) is 23.3. The van der Waals surface area contributed by atoms with E-state index in [0.29, 0.717) is 5.96 Å². The van der Waals surface area contributed by atoms with Gasteiger partial charge in [0.25, 0.3) is 0 Å². The van der Waals surface area contributed by atoms with Crippen LogP contribution in [0.5, 0.6) is 0 Å². The molecule has 1 aliphatic rings. The molecule has 0 fully saturated rings. The van der Waals surface area contributed by atoms with Crippen molar-refractivity contribution in [2.24, 2.45) is 10.7 Å². The second-order valence-corrected chi connectivity index (χ2v) is 5.15. The van der Waals surface area contributed by atoms with Gasteiger partial charge in [-0.3, -0.25) is 4.99 Å². The van der Waals surface area contributed by atoms with E-state index < -0.39 is 0 Å². The maximum atomic E-state index is 6.03. The number of halogens is 1. The van der Waals surface area contributed by atoms with Crippen LogP contribution in [0, 0.1) is 0 Å². The topological polar surface area (TPSA) is 41.6 Å². The summed E-state index contributed by atoms with van der Waals surface area (Å²) >= 11 is 5.97. The van der Waals surface area contributed by atoms with Gasteiger partial charge in [0.15, 0.2) is 5.96 Å². The van der Waals surface area contributed by atoms with Crippen LogP contribution in [0.4, 0.5) is 0 Å². The van der Waals surface area contributed by atoms with Crippen molar-refractivity contribution in [3.63, 3.8) is 0 Å². The Balaban J connectivity index is 2.39. The Bertz CT molecular complexity index is 441. The number of nitrogens with two attached hydrogens (primary N) is 1. The van der Waals surface area contributed by atoms with Gasteiger partial charge in [-0.05, 0) is 30.5 Å². The summed E-state index contributed by atoms with van der Waals surface area (Å²) in [6.45, 7) is 6.02. The summed E-state index contributed by atoms with van der Waals surface area (Å²) < 4.78 is 0. The lowest BCUT2D eigenvalue weighted by atomic mass is 9.86. The van der Waals surface area contributed by atoms with E-state index >= 15 is 0 Å². The summed E-state index contributed by atoms with van der Waals surface area (Å²) in [6, 6.07) is 8.05. The number of benzene rings is 1. The lowest BCUT2D eigenvalue weighted by Gasteiger charge is -2.39. The van der Waals surface area contributed by atoms with Crippen molar-refractivity contribution in [3.8, 4) is 0 Å². The highest BCUT2D eigenvalue weighted by Gasteiger charge is 2.41. The molecule has 1 aromatic rings. The van der Waals surface area contributed by atoms with Gasteiger partial charge in [0.1, 0.15) is 0 Å². The van der Waals surface area contributed by atoms with Crippen LogP contribution in [0.15, 0.2) is 29.3 Å². The maximum absolute atomic E-state index is 6.03. The monoisotopic (exact) mass is 265 g/mol. The molecule has 1 aliphatic heterocycles. The van der Waals surface area contributed by atoms with Crippen LogP contribution in [0.3, 0.4) is 0 Å². The summed E-state index contributed by atoms with van der Waals surface area (Å²) in [7, 11) is 0. The lowest BCUT2D eigenvalue weighted by Crippen LogP contribution is -2.49. The van der Waals surface area contributed by atoms with Crippen LogP contribution in [0.25, 0.3) is 0 Å². The van der Waals surface area contributed by atoms with Gasteiger partial charge in [-0.25, -0.2) is 0 Å². The largest absolute Gasteiger partial charge is 0.370 e. The van der Waals surface area contributed by atoms with Gasteiger partial charge in [-0.2, -0.15) is 0 Å². The van der Waals surface area contributed by atoms with E-state index in [0.717, 1.165) is 31.0 Å². The third kappa shape index (κ3) is 2.07. The molecule has 1 unspecified atom stereocenters. The Morgan fingerprint density at radius 1 is 1.33 bits per heavy atom. The number of aliphatic imine (C=N–C) groups is 1. The molecule has 98 valence electrons. The van der Waals surface area contributed by atoms with Crippen molar-refractivity contribution in [3.05, 3.63) is 34.9 Å². The minimum atomic E-state index is -0.0926. The zero-order valence-corrected chi connectivity index (χ0v) is 11.7. The Labute approximate surface area is 114 Å². The first-order chi connectivity index (χ1) is 8.64. The van der Waals surface area contributed by atoms with Gasteiger partial charge in [0.05, 0.1) is 12.1 Å². The average molecular weight is 266 g/mol. The molecule has 0 bridgehead atoms. The van der Waals surface area contributed by atoms with Crippen LogP contribution in [-0.4, -0.2) is 23.9 Å². The summed E-state index contributed by atoms with van der Waals surface area (Å²) in [4.78, 5) is 6.68. The second kappa shape index (κ2) is 5.19. The standard InChI is InChI=1S/C14H20ClN3/c1-3-9-18-13(16)17-10-14(18,4-2)11-5-7-12(15)8-6-11/h5-8H,3-4,9-10H2,1-2H3,(H2,16,17). The van der Waals surface area contributed by atoms with Crippen LogP contribution >= 0.6 is 11.6 Å². The maximum Gasteiger partial charge on any atom is 0.192 e. The molecule has 18 heavy (non-hydrogen) atoms. The molecule has 3 nitrogen and oxygen atoms in total. The highest BCUT2D eigenvalue weighted by Crippen LogP contribution is 2.36. The van der Waals surface area contributed by atoms with Crippen molar-refractivity contribution in [2.45, 2.75) is 32.2 Å². The van der Waals surface area contributed by atoms with E-state index in [1.807, 2.05) is 12.1 Å². The van der Waals surface area contributed by atoms with E-state index in [2.05, 4.69) is 35.9 Å². The molecular weight excluding hydrogens is 246 g/mol. The molecule has 1 aromatic carbocycles. The minimum Gasteiger partial charge on any atom is -0.370 e. The number of hydrogen-bond donors (Lipinski definition) is 1. The van der Waals surface area contributed by atoms with Crippen LogP contribution in [0.1, 0.15) is 32.3 Å². The predicted molar refractivity (Wildman–Crippen MR) is 76.9 cm³/mol. The third-order valence-electron chi connectivity index (χ3n) is 3.71. The predicted octanol–water partition coefficient (Wildman–Crippen LogP) is 2.99. The Morgan fingerprint density at radius 3 is 2.56 bits per heavy atom. The van der Waals surface area contributed by atoms with Gasteiger partial charge in [-0.1, -0.05) is 37.6 Å². The Kier molecular flexibility index (Phi) is 3.81. The second-order valence-electron chi connectivity index (χ2n) is 4.72. The summed E-state index contributed by atoms with van der Waals surface area (Å²) in [5.41, 5.74) is 7.18. The Hall–Kier alpha value is -1.22. The molecule has 0 aliphatic carbocycles. The molecule has 0 amide bonds. The van der Waals surface area contributed by atoms with E-state index in [1.165, 1.54) is 5.56 Å². The summed E-state index contributed by atoms with van der Waals surface area (Å²) in [5, 5.41) is 0.763. The lowest BCUT2D eigenvalue weighted by molar-refractivity contribution is 0.194. The Morgan fingerprint density at radius 2 is 2.00 bits per heavy atom. The number of hydrogen-bond acceptors (Lipinski definition) is 3. The van der Waals surface area contributed by atoms with Gasteiger partial charge in [0, 0.05) is 11.6 Å². The van der Waals surface area contributed by atoms with Gasteiger partial charge >= 0.3 is 0 Å². The van der Waals surface area contributed by atoms with Crippen molar-refractivity contribution < 1.29 is 0 Å². The minimum absolute atomic E-state index is 0.0926. The van der Waals surface area contributed by atoms with Crippen molar-refractivity contribution >= 4 is 17.6 Å². The molecule has 2 rings (SSSR count).